The molecule has 0 spiro atoms. The molecule has 0 bridgehead atoms. The lowest BCUT2D eigenvalue weighted by Crippen LogP contribution is -2.40. The smallest absolute Gasteiger partial charge is 0.0137 e. The number of benzene rings is 15. The Hall–Kier alpha value is -13.0. The third kappa shape index (κ3) is 12.3. The van der Waals surface area contributed by atoms with Gasteiger partial charge in [0.05, 0.1) is 0 Å². The molecule has 0 N–H and O–H groups in total. The van der Waals surface area contributed by atoms with Gasteiger partial charge in [0.25, 0.3) is 0 Å². The summed E-state index contributed by atoms with van der Waals surface area (Å²) in [4.78, 5) is 0. The topological polar surface area (TPSA) is 0 Å². The molecule has 4 aliphatic carbocycles. The monoisotopic (exact) mass is 1350 g/mol. The van der Waals surface area contributed by atoms with Crippen molar-refractivity contribution in [2.75, 3.05) is 0 Å². The van der Waals surface area contributed by atoms with Crippen molar-refractivity contribution in [3.63, 3.8) is 0 Å². The SMILES string of the molecule is C1=CCCC(c2ccc(C=Cc3ccc(C4=c5ccccc5=C(C5=CC=C(c6cc(-c7ccccc7)cc(-c7cccc(-c8ccc9c(-c%10c%11ccccc%11c(-c%11ccc(C=Cc%12ccc(-c%13ccccc%13)cc%12)cc%11)c%11ccccc%10%11)cc%10ccccc%10c9c8)c7)c6)CC5)C5C=CC=CC45)cc3)cc2)=C1. The van der Waals surface area contributed by atoms with Crippen molar-refractivity contribution in [3.8, 4) is 66.8 Å². The van der Waals surface area contributed by atoms with Gasteiger partial charge in [-0.2, -0.15) is 0 Å². The minimum absolute atomic E-state index is 0.217. The van der Waals surface area contributed by atoms with Gasteiger partial charge in [0.15, 0.2) is 0 Å². The number of allylic oxidation sites excluding steroid dienone is 12. The van der Waals surface area contributed by atoms with E-state index < -0.39 is 0 Å². The van der Waals surface area contributed by atoms with Crippen LogP contribution in [0.1, 0.15) is 64.6 Å². The molecule has 500 valence electrons. The predicted molar refractivity (Wildman–Crippen MR) is 455 cm³/mol. The Balaban J connectivity index is 0.645. The molecule has 15 aromatic carbocycles. The van der Waals surface area contributed by atoms with Crippen LogP contribution in [0.3, 0.4) is 0 Å². The highest BCUT2D eigenvalue weighted by Gasteiger charge is 2.33. The molecule has 0 nitrogen and oxygen atoms in total. The Morgan fingerprint density at radius 1 is 0.236 bits per heavy atom. The van der Waals surface area contributed by atoms with Crippen molar-refractivity contribution in [2.24, 2.45) is 11.8 Å². The number of rotatable bonds is 14. The zero-order valence-corrected chi connectivity index (χ0v) is 59.1. The quantitative estimate of drug-likeness (QED) is 0.0578. The van der Waals surface area contributed by atoms with E-state index in [1.165, 1.54) is 182 Å². The maximum atomic E-state index is 2.46. The summed E-state index contributed by atoms with van der Waals surface area (Å²) in [5, 5.41) is 12.6. The van der Waals surface area contributed by atoms with Crippen LogP contribution < -0.4 is 10.4 Å². The zero-order valence-electron chi connectivity index (χ0n) is 59.1. The van der Waals surface area contributed by atoms with E-state index in [-0.39, 0.29) is 11.8 Å². The number of fused-ring (bicyclic) bond motifs is 7. The van der Waals surface area contributed by atoms with Crippen LogP contribution in [0.4, 0.5) is 0 Å². The average molecular weight is 1350 g/mol. The van der Waals surface area contributed by atoms with Crippen LogP contribution in [0.2, 0.25) is 0 Å². The van der Waals surface area contributed by atoms with Crippen LogP contribution in [-0.4, -0.2) is 0 Å². The summed E-state index contributed by atoms with van der Waals surface area (Å²) in [6.07, 6.45) is 34.0. The molecule has 0 saturated heterocycles. The van der Waals surface area contributed by atoms with Crippen molar-refractivity contribution >= 4 is 89.7 Å². The molecule has 4 aliphatic rings. The van der Waals surface area contributed by atoms with Crippen molar-refractivity contribution < 1.29 is 0 Å². The van der Waals surface area contributed by atoms with Gasteiger partial charge in [-0.15, -0.1) is 0 Å². The molecule has 0 heteroatoms. The lowest BCUT2D eigenvalue weighted by atomic mass is 9.69. The summed E-state index contributed by atoms with van der Waals surface area (Å²) in [6.45, 7) is 0. The summed E-state index contributed by atoms with van der Waals surface area (Å²) in [5.41, 5.74) is 30.3. The molecule has 0 aliphatic heterocycles. The first-order chi connectivity index (χ1) is 52.5. The van der Waals surface area contributed by atoms with Gasteiger partial charge < -0.3 is 0 Å². The highest BCUT2D eigenvalue weighted by Crippen LogP contribution is 2.49. The van der Waals surface area contributed by atoms with Crippen LogP contribution in [0.25, 0.3) is 156 Å². The second kappa shape index (κ2) is 28.0. The second-order valence-corrected chi connectivity index (χ2v) is 28.8. The molecule has 2 unspecified atom stereocenters. The highest BCUT2D eigenvalue weighted by molar-refractivity contribution is 6.26. The fourth-order valence-corrected chi connectivity index (χ4v) is 17.2. The number of hydrogen-bond donors (Lipinski definition) is 0. The van der Waals surface area contributed by atoms with E-state index >= 15 is 0 Å². The fourth-order valence-electron chi connectivity index (χ4n) is 17.2. The van der Waals surface area contributed by atoms with Gasteiger partial charge in [-0.1, -0.05) is 364 Å². The third-order valence-electron chi connectivity index (χ3n) is 22.5. The molecule has 106 heavy (non-hydrogen) atoms. The lowest BCUT2D eigenvalue weighted by Gasteiger charge is -2.35. The third-order valence-corrected chi connectivity index (χ3v) is 22.5. The van der Waals surface area contributed by atoms with Gasteiger partial charge in [-0.05, 0) is 249 Å². The van der Waals surface area contributed by atoms with E-state index in [1.54, 1.807) is 0 Å². The lowest BCUT2D eigenvalue weighted by molar-refractivity contribution is 0.680. The maximum Gasteiger partial charge on any atom is 0.0137 e. The van der Waals surface area contributed by atoms with Crippen LogP contribution in [0, 0.1) is 11.8 Å². The van der Waals surface area contributed by atoms with E-state index in [1.807, 2.05) is 0 Å². The minimum Gasteiger partial charge on any atom is -0.0842 e. The minimum atomic E-state index is 0.217. The summed E-state index contributed by atoms with van der Waals surface area (Å²) in [6, 6.07) is 120. The Morgan fingerprint density at radius 2 is 0.660 bits per heavy atom. The van der Waals surface area contributed by atoms with Gasteiger partial charge in [0.1, 0.15) is 0 Å². The van der Waals surface area contributed by atoms with E-state index in [4.69, 9.17) is 0 Å². The second-order valence-electron chi connectivity index (χ2n) is 28.8. The zero-order chi connectivity index (χ0) is 70.3. The van der Waals surface area contributed by atoms with E-state index in [0.717, 1.165) is 31.2 Å². The fraction of sp³-hybridized carbons (Fsp3) is 0.0566. The molecule has 0 amide bonds. The standard InChI is InChI=1S/C106H76/c1-4-21-75(22-5-1)78-51-43-71(44-52-78)39-41-73-47-55-81(56-48-73)103-93-31-12-14-33-95(93)105(96-34-15-13-32-94(96)103)83-61-59-80(60-62-83)89-66-88(77-25-8-3-9-26-77)67-90(68-89)85-29-20-28-84(65-85)86-63-64-92-101(69-86)91-30-11-10-27-87(91)70-102(92)106-99-37-18-16-35-97(99)104(98-36-17-19-38-100(98)106)82-57-49-74(50-58-82)42-40-72-45-53-79(54-46-72)76-23-6-2-7-24-76/h1-4,6-21,23-59,61,63-70,93,95H,5,22,60,62H2. The largest absolute Gasteiger partial charge is 0.0842 e. The predicted octanol–water partition coefficient (Wildman–Crippen LogP) is 26.9. The Morgan fingerprint density at radius 3 is 1.25 bits per heavy atom. The Labute approximate surface area is 621 Å². The maximum absolute atomic E-state index is 2.46. The first kappa shape index (κ1) is 63.9. The van der Waals surface area contributed by atoms with Crippen LogP contribution in [0.5, 0.6) is 0 Å². The van der Waals surface area contributed by atoms with Crippen LogP contribution in [-0.2, 0) is 0 Å². The molecule has 0 radical (unpaired) electrons. The summed E-state index contributed by atoms with van der Waals surface area (Å²) in [7, 11) is 0. The molecule has 0 fully saturated rings. The average Bonchev–Trinajstić information content (AvgIpc) is 0.723. The van der Waals surface area contributed by atoms with Crippen molar-refractivity contribution in [3.05, 3.63) is 431 Å². The van der Waals surface area contributed by atoms with Crippen molar-refractivity contribution in [1.29, 1.82) is 0 Å². The Kier molecular flexibility index (Phi) is 16.9. The van der Waals surface area contributed by atoms with E-state index in [0.29, 0.717) is 0 Å². The summed E-state index contributed by atoms with van der Waals surface area (Å²) in [5.74, 6) is 0.441. The van der Waals surface area contributed by atoms with Crippen molar-refractivity contribution in [2.45, 2.75) is 25.7 Å². The van der Waals surface area contributed by atoms with Gasteiger partial charge in [0.2, 0.25) is 0 Å². The summed E-state index contributed by atoms with van der Waals surface area (Å²) < 4.78 is 0. The molecule has 0 aromatic heterocycles. The molecule has 19 rings (SSSR count). The molecular formula is C106H76. The van der Waals surface area contributed by atoms with E-state index in [2.05, 4.69) is 401 Å². The molecule has 15 aromatic rings. The van der Waals surface area contributed by atoms with Gasteiger partial charge in [-0.25, -0.2) is 0 Å². The normalized spacial score (nSPS) is 15.5. The number of hydrogen-bond acceptors (Lipinski definition) is 0. The van der Waals surface area contributed by atoms with Gasteiger partial charge in [-0.3, -0.25) is 0 Å². The molecule has 0 saturated carbocycles. The Bertz CT molecular complexity index is 6300. The van der Waals surface area contributed by atoms with Crippen LogP contribution in [0.15, 0.2) is 382 Å². The molecule has 2 atom stereocenters. The summed E-state index contributed by atoms with van der Waals surface area (Å²) >= 11 is 0. The van der Waals surface area contributed by atoms with Gasteiger partial charge >= 0.3 is 0 Å². The first-order valence-electron chi connectivity index (χ1n) is 37.5. The van der Waals surface area contributed by atoms with E-state index in [9.17, 15) is 0 Å². The first-order valence-corrected chi connectivity index (χ1v) is 37.5. The van der Waals surface area contributed by atoms with Gasteiger partial charge in [0, 0.05) is 11.8 Å². The van der Waals surface area contributed by atoms with Crippen molar-refractivity contribution in [1.82, 2.24) is 0 Å². The van der Waals surface area contributed by atoms with Crippen LogP contribution >= 0.6 is 0 Å². The molecular weight excluding hydrogens is 1270 g/mol. The highest BCUT2D eigenvalue weighted by atomic mass is 14.4. The molecule has 0 heterocycles.